The minimum Gasteiger partial charge on any atom is -0.466 e. The SMILES string of the molecule is COC(=O)C=Cc1ccc(C=N/N=C2/NC(=O)/C(=C\C(=O)OC)S2)cc1. The molecule has 0 radical (unpaired) electrons. The van der Waals surface area contributed by atoms with E-state index >= 15 is 0 Å². The highest BCUT2D eigenvalue weighted by Gasteiger charge is 2.24. The summed E-state index contributed by atoms with van der Waals surface area (Å²) in [6.45, 7) is 0. The highest BCUT2D eigenvalue weighted by atomic mass is 32.2. The lowest BCUT2D eigenvalue weighted by atomic mass is 10.1. The molecule has 1 fully saturated rings. The first-order valence-electron chi connectivity index (χ1n) is 7.28. The number of nitrogens with zero attached hydrogens (tertiary/aromatic N) is 2. The summed E-state index contributed by atoms with van der Waals surface area (Å²) >= 11 is 0.994. The normalized spacial score (nSPS) is 17.2. The summed E-state index contributed by atoms with van der Waals surface area (Å²) in [7, 11) is 2.54. The molecule has 0 bridgehead atoms. The van der Waals surface area contributed by atoms with Gasteiger partial charge in [0.15, 0.2) is 5.17 Å². The van der Waals surface area contributed by atoms with E-state index in [1.807, 2.05) is 0 Å². The van der Waals surface area contributed by atoms with Gasteiger partial charge in [-0.2, -0.15) is 5.10 Å². The maximum absolute atomic E-state index is 11.7. The van der Waals surface area contributed by atoms with Crippen LogP contribution in [0.4, 0.5) is 0 Å². The van der Waals surface area contributed by atoms with Crippen LogP contribution >= 0.6 is 11.8 Å². The number of amides is 1. The van der Waals surface area contributed by atoms with Crippen molar-refractivity contribution >= 4 is 47.1 Å². The number of hydrogen-bond acceptors (Lipinski definition) is 8. The lowest BCUT2D eigenvalue weighted by molar-refractivity contribution is -0.135. The van der Waals surface area contributed by atoms with Crippen LogP contribution in [0.25, 0.3) is 6.08 Å². The van der Waals surface area contributed by atoms with Crippen LogP contribution < -0.4 is 5.32 Å². The predicted octanol–water partition coefficient (Wildman–Crippen LogP) is 1.48. The number of methoxy groups -OCH3 is 2. The molecule has 134 valence electrons. The fraction of sp³-hybridized carbons (Fsp3) is 0.118. The minimum atomic E-state index is -0.617. The van der Waals surface area contributed by atoms with Gasteiger partial charge in [-0.1, -0.05) is 24.3 Å². The van der Waals surface area contributed by atoms with E-state index in [0.29, 0.717) is 0 Å². The lowest BCUT2D eigenvalue weighted by Gasteiger charge is -1.95. The van der Waals surface area contributed by atoms with Crippen LogP contribution in [0, 0.1) is 0 Å². The first-order chi connectivity index (χ1) is 12.5. The molecule has 1 aromatic carbocycles. The summed E-state index contributed by atoms with van der Waals surface area (Å²) < 4.78 is 8.99. The largest absolute Gasteiger partial charge is 0.466 e. The number of hydrogen-bond donors (Lipinski definition) is 1. The number of benzene rings is 1. The zero-order valence-corrected chi connectivity index (χ0v) is 14.8. The van der Waals surface area contributed by atoms with Crippen molar-refractivity contribution in [1.29, 1.82) is 0 Å². The van der Waals surface area contributed by atoms with Crippen LogP contribution in [-0.2, 0) is 23.9 Å². The molecule has 1 heterocycles. The predicted molar refractivity (Wildman–Crippen MR) is 98.4 cm³/mol. The van der Waals surface area contributed by atoms with Gasteiger partial charge in [-0.3, -0.25) is 10.1 Å². The molecule has 0 atom stereocenters. The molecule has 2 rings (SSSR count). The highest BCUT2D eigenvalue weighted by molar-refractivity contribution is 8.18. The first kappa shape index (κ1) is 19.1. The molecule has 0 aromatic heterocycles. The van der Waals surface area contributed by atoms with Crippen molar-refractivity contribution in [2.24, 2.45) is 10.2 Å². The third-order valence-electron chi connectivity index (χ3n) is 3.01. The first-order valence-corrected chi connectivity index (χ1v) is 8.09. The van der Waals surface area contributed by atoms with Crippen LogP contribution in [0.5, 0.6) is 0 Å². The molecule has 0 spiro atoms. The quantitative estimate of drug-likeness (QED) is 0.363. The van der Waals surface area contributed by atoms with Gasteiger partial charge in [0.05, 0.1) is 25.3 Å². The van der Waals surface area contributed by atoms with Crippen molar-refractivity contribution in [3.8, 4) is 0 Å². The number of esters is 2. The van der Waals surface area contributed by atoms with E-state index in [1.165, 1.54) is 26.5 Å². The molecule has 1 N–H and O–H groups in total. The Labute approximate surface area is 153 Å². The van der Waals surface area contributed by atoms with E-state index in [-0.39, 0.29) is 10.1 Å². The van der Waals surface area contributed by atoms with E-state index in [0.717, 1.165) is 29.0 Å². The van der Waals surface area contributed by atoms with Crippen LogP contribution in [0.15, 0.2) is 51.5 Å². The fourth-order valence-corrected chi connectivity index (χ4v) is 2.45. The molecule has 8 nitrogen and oxygen atoms in total. The van der Waals surface area contributed by atoms with Gasteiger partial charge < -0.3 is 9.47 Å². The smallest absolute Gasteiger partial charge is 0.331 e. The number of thioether (sulfide) groups is 1. The number of amidine groups is 1. The van der Waals surface area contributed by atoms with Crippen LogP contribution in [-0.4, -0.2) is 43.4 Å². The third kappa shape index (κ3) is 5.71. The Bertz CT molecular complexity index is 825. The maximum Gasteiger partial charge on any atom is 0.331 e. The van der Waals surface area contributed by atoms with Crippen LogP contribution in [0.1, 0.15) is 11.1 Å². The van der Waals surface area contributed by atoms with Crippen molar-refractivity contribution in [3.63, 3.8) is 0 Å². The Hall–Kier alpha value is -3.20. The molecular formula is C17H15N3O5S. The molecule has 0 unspecified atom stereocenters. The van der Waals surface area contributed by atoms with Gasteiger partial charge in [0.1, 0.15) is 0 Å². The summed E-state index contributed by atoms with van der Waals surface area (Å²) in [6, 6.07) is 7.20. The molecule has 0 aliphatic carbocycles. The Morgan fingerprint density at radius 3 is 2.38 bits per heavy atom. The van der Waals surface area contributed by atoms with Gasteiger partial charge in [0.25, 0.3) is 5.91 Å². The van der Waals surface area contributed by atoms with Gasteiger partial charge in [-0.05, 0) is 29.0 Å². The second-order valence-electron chi connectivity index (χ2n) is 4.76. The van der Waals surface area contributed by atoms with Crippen LogP contribution in [0.2, 0.25) is 0 Å². The fourth-order valence-electron chi connectivity index (χ4n) is 1.71. The van der Waals surface area contributed by atoms with Crippen molar-refractivity contribution in [3.05, 3.63) is 52.4 Å². The van der Waals surface area contributed by atoms with Gasteiger partial charge in [0.2, 0.25) is 0 Å². The number of nitrogens with one attached hydrogen (secondary N) is 1. The van der Waals surface area contributed by atoms with Crippen molar-refractivity contribution in [1.82, 2.24) is 5.32 Å². The highest BCUT2D eigenvalue weighted by Crippen LogP contribution is 2.23. The molecule has 0 saturated carbocycles. The zero-order chi connectivity index (χ0) is 18.9. The van der Waals surface area contributed by atoms with E-state index in [2.05, 4.69) is 25.0 Å². The monoisotopic (exact) mass is 373 g/mol. The maximum atomic E-state index is 11.7. The second-order valence-corrected chi connectivity index (χ2v) is 5.79. The van der Waals surface area contributed by atoms with Crippen LogP contribution in [0.3, 0.4) is 0 Å². The molecule has 1 amide bonds. The van der Waals surface area contributed by atoms with E-state index in [4.69, 9.17) is 0 Å². The number of carbonyl (C=O) groups excluding carboxylic acids is 3. The van der Waals surface area contributed by atoms with Crippen molar-refractivity contribution in [2.45, 2.75) is 0 Å². The van der Waals surface area contributed by atoms with Gasteiger partial charge in [-0.15, -0.1) is 5.10 Å². The van der Waals surface area contributed by atoms with E-state index in [1.54, 1.807) is 30.3 Å². The van der Waals surface area contributed by atoms with Crippen molar-refractivity contribution in [2.75, 3.05) is 14.2 Å². The average molecular weight is 373 g/mol. The number of ether oxygens (including phenoxy) is 2. The Morgan fingerprint density at radius 1 is 1.08 bits per heavy atom. The van der Waals surface area contributed by atoms with Gasteiger partial charge >= 0.3 is 11.9 Å². The van der Waals surface area contributed by atoms with Crippen molar-refractivity contribution < 1.29 is 23.9 Å². The molecule has 1 aromatic rings. The molecule has 1 aliphatic rings. The topological polar surface area (TPSA) is 106 Å². The van der Waals surface area contributed by atoms with E-state index in [9.17, 15) is 14.4 Å². The zero-order valence-electron chi connectivity index (χ0n) is 14.0. The summed E-state index contributed by atoms with van der Waals surface area (Å²) in [5.41, 5.74) is 1.61. The molecular weight excluding hydrogens is 358 g/mol. The third-order valence-corrected chi connectivity index (χ3v) is 3.91. The second kappa shape index (κ2) is 9.33. The lowest BCUT2D eigenvalue weighted by Crippen LogP contribution is -2.19. The molecule has 9 heteroatoms. The molecule has 1 saturated heterocycles. The summed E-state index contributed by atoms with van der Waals surface area (Å²) in [5, 5.41) is 10.6. The molecule has 1 aliphatic heterocycles. The van der Waals surface area contributed by atoms with Gasteiger partial charge in [0, 0.05) is 12.2 Å². The van der Waals surface area contributed by atoms with Gasteiger partial charge in [-0.25, -0.2) is 9.59 Å². The summed E-state index contributed by atoms with van der Waals surface area (Å²) in [6.07, 6.45) is 5.56. The van der Waals surface area contributed by atoms with E-state index < -0.39 is 17.8 Å². The minimum absolute atomic E-state index is 0.188. The molecule has 26 heavy (non-hydrogen) atoms. The Morgan fingerprint density at radius 2 is 1.73 bits per heavy atom. The summed E-state index contributed by atoms with van der Waals surface area (Å²) in [4.78, 5) is 34.0. The number of rotatable bonds is 5. The number of carbonyl (C=O) groups is 3. The Kier molecular flexibility index (Phi) is 6.86. The average Bonchev–Trinajstić information content (AvgIpc) is 2.99. The summed E-state index contributed by atoms with van der Waals surface area (Å²) in [5.74, 6) is -1.48. The standard InChI is InChI=1S/C17H15N3O5S/c1-24-14(21)8-7-11-3-5-12(6-4-11)10-18-20-17-19-16(23)13(26-17)9-15(22)25-2/h3-10H,1-2H3,(H,19,20,23)/b8-7?,13-9+,18-10?. The Balaban J connectivity index is 1.98.